The Hall–Kier alpha value is -2.52. The first-order valence-corrected chi connectivity index (χ1v) is 7.47. The van der Waals surface area contributed by atoms with Crippen LogP contribution in [-0.4, -0.2) is 57.1 Å². The predicted molar refractivity (Wildman–Crippen MR) is 75.7 cm³/mol. The van der Waals surface area contributed by atoms with Gasteiger partial charge in [-0.15, -0.1) is 0 Å². The number of ether oxygens (including phenoxy) is 1. The number of aromatic nitrogens is 2. The van der Waals surface area contributed by atoms with Gasteiger partial charge < -0.3 is 9.84 Å². The third-order valence-corrected chi connectivity index (χ3v) is 3.80. The number of aryl methyl sites for hydroxylation is 1. The maximum Gasteiger partial charge on any atom is 0.460 e. The summed E-state index contributed by atoms with van der Waals surface area (Å²) in [5.74, 6) is -24.0. The van der Waals surface area contributed by atoms with E-state index in [4.69, 9.17) is 0 Å². The minimum absolute atomic E-state index is 0.270. The van der Waals surface area contributed by atoms with Crippen LogP contribution in [0.5, 0.6) is 0 Å². The van der Waals surface area contributed by atoms with Crippen molar-refractivity contribution >= 4 is 17.5 Å². The van der Waals surface area contributed by atoms with Crippen molar-refractivity contribution in [1.29, 1.82) is 0 Å². The van der Waals surface area contributed by atoms with E-state index in [1.807, 2.05) is 5.43 Å². The molecule has 0 radical (unpaired) electrons. The predicted octanol–water partition coefficient (Wildman–Crippen LogP) is 2.65. The maximum atomic E-state index is 14.7. The van der Waals surface area contributed by atoms with Gasteiger partial charge in [0.25, 0.3) is 5.72 Å². The fraction of sp³-hybridized carbons (Fsp3) is 0.615. The third-order valence-electron chi connectivity index (χ3n) is 3.80. The van der Waals surface area contributed by atoms with Crippen LogP contribution in [0.4, 0.5) is 45.3 Å². The lowest BCUT2D eigenvalue weighted by Gasteiger charge is -2.43. The summed E-state index contributed by atoms with van der Waals surface area (Å²) < 4.78 is 125. The molecule has 1 unspecified atom stereocenters. The van der Waals surface area contributed by atoms with E-state index in [9.17, 15) is 49.4 Å². The van der Waals surface area contributed by atoms with E-state index in [-0.39, 0.29) is 5.69 Å². The molecule has 1 aromatic heterocycles. The molecule has 1 atom stereocenters. The minimum atomic E-state index is -7.31. The summed E-state index contributed by atoms with van der Waals surface area (Å²) in [6.07, 6.45) is -7.13. The zero-order valence-electron chi connectivity index (χ0n) is 14.3. The standard InChI is InChI=1S/C13H11F9N4O3/c1-3-29-8(27)7-9(28,26-6(23-24-7)4-5(2)25-26)10(14,15)11(16,17)12(18,19)13(20,21)22/h4,23,28H,3H2,1-2H3. The molecular weight excluding hydrogens is 431 g/mol. The van der Waals surface area contributed by atoms with E-state index < -0.39 is 58.5 Å². The fourth-order valence-electron chi connectivity index (χ4n) is 2.38. The van der Waals surface area contributed by atoms with Gasteiger partial charge in [-0.1, -0.05) is 0 Å². The van der Waals surface area contributed by atoms with Gasteiger partial charge in [0.15, 0.2) is 0 Å². The molecule has 16 heteroatoms. The Labute approximate surface area is 155 Å². The van der Waals surface area contributed by atoms with Crippen LogP contribution in [0.15, 0.2) is 11.2 Å². The number of fused-ring (bicyclic) bond motifs is 1. The number of carbonyl (C=O) groups is 1. The lowest BCUT2D eigenvalue weighted by Crippen LogP contribution is -2.72. The highest BCUT2D eigenvalue weighted by atomic mass is 19.4. The molecular formula is C13H11F9N4O3. The van der Waals surface area contributed by atoms with E-state index >= 15 is 0 Å². The van der Waals surface area contributed by atoms with Crippen LogP contribution in [0.1, 0.15) is 12.6 Å². The van der Waals surface area contributed by atoms with Crippen LogP contribution in [-0.2, 0) is 15.3 Å². The number of esters is 1. The summed E-state index contributed by atoms with van der Waals surface area (Å²) in [5.41, 5.74) is -5.30. The van der Waals surface area contributed by atoms with Crippen LogP contribution in [0.25, 0.3) is 0 Å². The van der Waals surface area contributed by atoms with Crippen molar-refractivity contribution < 1.29 is 54.2 Å². The van der Waals surface area contributed by atoms with Crippen molar-refractivity contribution in [3.05, 3.63) is 11.8 Å². The average molecular weight is 442 g/mol. The number of hydrogen-bond donors (Lipinski definition) is 2. The Morgan fingerprint density at radius 1 is 1.17 bits per heavy atom. The second kappa shape index (κ2) is 6.50. The van der Waals surface area contributed by atoms with Gasteiger partial charge in [0.05, 0.1) is 12.3 Å². The molecule has 1 aliphatic heterocycles. The summed E-state index contributed by atoms with van der Waals surface area (Å²) in [4.78, 5) is 11.9. The molecule has 0 spiro atoms. The second-order valence-electron chi connectivity index (χ2n) is 5.77. The van der Waals surface area contributed by atoms with E-state index in [2.05, 4.69) is 14.9 Å². The molecule has 0 fully saturated rings. The van der Waals surface area contributed by atoms with E-state index in [1.165, 1.54) is 0 Å². The Kier molecular flexibility index (Phi) is 5.10. The van der Waals surface area contributed by atoms with Gasteiger partial charge in [-0.25, -0.2) is 9.48 Å². The van der Waals surface area contributed by atoms with Crippen molar-refractivity contribution in [2.24, 2.45) is 5.10 Å². The second-order valence-corrected chi connectivity index (χ2v) is 5.77. The van der Waals surface area contributed by atoms with Gasteiger partial charge >= 0.3 is 29.9 Å². The largest absolute Gasteiger partial charge is 0.461 e. The number of carbonyl (C=O) groups excluding carboxylic acids is 1. The van der Waals surface area contributed by atoms with E-state index in [0.717, 1.165) is 19.9 Å². The zero-order chi connectivity index (χ0) is 22.6. The molecule has 7 nitrogen and oxygen atoms in total. The number of halogens is 9. The number of hydrogen-bond acceptors (Lipinski definition) is 6. The molecule has 1 aliphatic rings. The topological polar surface area (TPSA) is 88.7 Å². The summed E-state index contributed by atoms with van der Waals surface area (Å²) in [6, 6.07) is 0.812. The number of nitrogens with one attached hydrogen (secondary N) is 1. The van der Waals surface area contributed by atoms with Crippen molar-refractivity contribution in [1.82, 2.24) is 9.78 Å². The Balaban J connectivity index is 2.80. The van der Waals surface area contributed by atoms with Gasteiger partial charge in [-0.05, 0) is 13.8 Å². The lowest BCUT2D eigenvalue weighted by atomic mass is 9.89. The number of anilines is 1. The van der Waals surface area contributed by atoms with Crippen LogP contribution < -0.4 is 5.43 Å². The lowest BCUT2D eigenvalue weighted by molar-refractivity contribution is -0.419. The van der Waals surface area contributed by atoms with Crippen LogP contribution in [0.3, 0.4) is 0 Å². The Morgan fingerprint density at radius 2 is 1.72 bits per heavy atom. The summed E-state index contributed by atoms with van der Waals surface area (Å²) in [7, 11) is 0. The monoisotopic (exact) mass is 442 g/mol. The normalized spacial score (nSPS) is 20.6. The third kappa shape index (κ3) is 2.91. The highest BCUT2D eigenvalue weighted by Crippen LogP contribution is 2.58. The van der Waals surface area contributed by atoms with Gasteiger partial charge in [0.2, 0.25) is 5.71 Å². The smallest absolute Gasteiger partial charge is 0.460 e. The Morgan fingerprint density at radius 3 is 2.21 bits per heavy atom. The number of alkyl halides is 9. The molecule has 29 heavy (non-hydrogen) atoms. The molecule has 1 aromatic rings. The van der Waals surface area contributed by atoms with E-state index in [0.29, 0.717) is 0 Å². The SMILES string of the molecule is CCOC(=O)C1=NNc2cc(C)nn2C1(O)C(F)(F)C(F)(F)C(F)(F)C(F)(F)F. The number of nitrogens with zero attached hydrogens (tertiary/aromatic N) is 3. The molecule has 0 saturated carbocycles. The highest BCUT2D eigenvalue weighted by Gasteiger charge is 2.88. The molecule has 0 bridgehead atoms. The van der Waals surface area contributed by atoms with Crippen molar-refractivity contribution in [3.63, 3.8) is 0 Å². The number of rotatable bonds is 5. The van der Waals surface area contributed by atoms with Crippen LogP contribution in [0.2, 0.25) is 0 Å². The molecule has 2 rings (SSSR count). The minimum Gasteiger partial charge on any atom is -0.461 e. The highest BCUT2D eigenvalue weighted by molar-refractivity contribution is 6.39. The molecule has 2 heterocycles. The molecule has 0 aliphatic carbocycles. The van der Waals surface area contributed by atoms with E-state index in [1.54, 1.807) is 0 Å². The molecule has 2 N–H and O–H groups in total. The first-order chi connectivity index (χ1) is 13.0. The maximum absolute atomic E-state index is 14.7. The van der Waals surface area contributed by atoms with Gasteiger partial charge in [0, 0.05) is 6.07 Å². The molecule has 0 saturated heterocycles. The molecule has 0 aromatic carbocycles. The van der Waals surface area contributed by atoms with Crippen molar-refractivity contribution in [2.45, 2.75) is 43.5 Å². The zero-order valence-corrected chi connectivity index (χ0v) is 14.3. The molecule has 164 valence electrons. The summed E-state index contributed by atoms with van der Waals surface area (Å²) in [5, 5.41) is 16.5. The molecule has 0 amide bonds. The van der Waals surface area contributed by atoms with Crippen molar-refractivity contribution in [3.8, 4) is 0 Å². The summed E-state index contributed by atoms with van der Waals surface area (Å²) in [6.45, 7) is 1.64. The Bertz CT molecular complexity index is 849. The van der Waals surface area contributed by atoms with Crippen molar-refractivity contribution in [2.75, 3.05) is 12.0 Å². The first-order valence-electron chi connectivity index (χ1n) is 7.47. The van der Waals surface area contributed by atoms with Gasteiger partial charge in [0.1, 0.15) is 5.82 Å². The quantitative estimate of drug-likeness (QED) is 0.541. The number of aliphatic hydroxyl groups is 1. The van der Waals surface area contributed by atoms with Gasteiger partial charge in [-0.3, -0.25) is 5.43 Å². The van der Waals surface area contributed by atoms with Crippen LogP contribution >= 0.6 is 0 Å². The first kappa shape index (κ1) is 22.8. The average Bonchev–Trinajstić information content (AvgIpc) is 2.95. The van der Waals surface area contributed by atoms with Crippen LogP contribution in [0, 0.1) is 6.92 Å². The van der Waals surface area contributed by atoms with Gasteiger partial charge in [-0.2, -0.15) is 49.7 Å². The fourth-order valence-corrected chi connectivity index (χ4v) is 2.38. The summed E-state index contributed by atoms with van der Waals surface area (Å²) >= 11 is 0. The number of hydrazone groups is 1.